The Kier molecular flexibility index (Phi) is 9.62. The van der Waals surface area contributed by atoms with Gasteiger partial charge in [0.2, 0.25) is 0 Å². The van der Waals surface area contributed by atoms with Crippen LogP contribution in [0.2, 0.25) is 0 Å². The summed E-state index contributed by atoms with van der Waals surface area (Å²) in [5.74, 6) is 12.8. The van der Waals surface area contributed by atoms with Gasteiger partial charge in [-0.1, -0.05) is 77.2 Å². The minimum atomic E-state index is 0.0962. The highest BCUT2D eigenvalue weighted by Crippen LogP contribution is 2.17. The molecule has 0 spiro atoms. The third kappa shape index (κ3) is 8.29. The number of allylic oxidation sites excluding steroid dienone is 6. The Hall–Kier alpha value is -1.96. The first-order valence-electron chi connectivity index (χ1n) is 7.85. The molecule has 0 aromatic heterocycles. The van der Waals surface area contributed by atoms with E-state index in [1.165, 1.54) is 5.56 Å². The van der Waals surface area contributed by atoms with Gasteiger partial charge in [0, 0.05) is 12.0 Å². The zero-order chi connectivity index (χ0) is 16.9. The Morgan fingerprint density at radius 2 is 1.96 bits per heavy atom. The summed E-state index contributed by atoms with van der Waals surface area (Å²) >= 11 is 3.43. The van der Waals surface area contributed by atoms with E-state index in [9.17, 15) is 0 Å². The Labute approximate surface area is 149 Å². The third-order valence-corrected chi connectivity index (χ3v) is 3.29. The maximum atomic E-state index is 3.43. The van der Waals surface area contributed by atoms with Crippen LogP contribution in [0.3, 0.4) is 0 Å². The molecule has 1 atom stereocenters. The summed E-state index contributed by atoms with van der Waals surface area (Å²) in [7, 11) is 0. The molecule has 1 aromatic rings. The second-order valence-electron chi connectivity index (χ2n) is 5.07. The van der Waals surface area contributed by atoms with Crippen LogP contribution < -0.4 is 0 Å². The van der Waals surface area contributed by atoms with Crippen LogP contribution in [-0.4, -0.2) is 0 Å². The molecule has 0 saturated carbocycles. The van der Waals surface area contributed by atoms with Gasteiger partial charge in [-0.05, 0) is 42.5 Å². The van der Waals surface area contributed by atoms with Gasteiger partial charge in [0.25, 0.3) is 0 Å². The van der Waals surface area contributed by atoms with Gasteiger partial charge in [0.1, 0.15) is 0 Å². The van der Waals surface area contributed by atoms with Crippen LogP contribution in [-0.2, 0) is 0 Å². The number of hydrogen-bond acceptors (Lipinski definition) is 0. The van der Waals surface area contributed by atoms with Crippen molar-refractivity contribution >= 4 is 15.9 Å². The summed E-state index contributed by atoms with van der Waals surface area (Å²) in [6.45, 7) is 6.00. The molecule has 1 heteroatoms. The first-order valence-corrected chi connectivity index (χ1v) is 8.65. The molecule has 0 amide bonds. The van der Waals surface area contributed by atoms with Gasteiger partial charge in [-0.15, -0.1) is 11.8 Å². The van der Waals surface area contributed by atoms with E-state index in [4.69, 9.17) is 0 Å². The van der Waals surface area contributed by atoms with Gasteiger partial charge < -0.3 is 0 Å². The fourth-order valence-corrected chi connectivity index (χ4v) is 2.03. The topological polar surface area (TPSA) is 0 Å². The number of unbranched alkanes of at least 4 members (excludes halogenated alkanes) is 1. The monoisotopic (exact) mass is 366 g/mol. The van der Waals surface area contributed by atoms with Crippen molar-refractivity contribution in [1.82, 2.24) is 0 Å². The normalized spacial score (nSPS) is 13.0. The van der Waals surface area contributed by atoms with Crippen molar-refractivity contribution in [2.24, 2.45) is 0 Å². The molecular weight excluding hydrogens is 344 g/mol. The molecule has 23 heavy (non-hydrogen) atoms. The van der Waals surface area contributed by atoms with Crippen molar-refractivity contribution in [2.75, 3.05) is 0 Å². The van der Waals surface area contributed by atoms with E-state index in [-0.39, 0.29) is 5.92 Å². The van der Waals surface area contributed by atoms with Crippen LogP contribution in [0.4, 0.5) is 0 Å². The molecule has 0 aliphatic heterocycles. The van der Waals surface area contributed by atoms with Crippen molar-refractivity contribution in [1.29, 1.82) is 0 Å². The average molecular weight is 367 g/mol. The van der Waals surface area contributed by atoms with Crippen LogP contribution in [0.15, 0.2) is 64.7 Å². The fourth-order valence-electron chi connectivity index (χ4n) is 1.90. The van der Waals surface area contributed by atoms with Gasteiger partial charge in [0.05, 0.1) is 5.92 Å². The minimum absolute atomic E-state index is 0.0962. The zero-order valence-electron chi connectivity index (χ0n) is 14.1. The molecule has 0 saturated heterocycles. The SMILES string of the molecule is CC#CC(=C\C=C(/C)Br)/C=C/C(C#CCCC)c1ccccc1. The maximum absolute atomic E-state index is 3.43. The zero-order valence-corrected chi connectivity index (χ0v) is 15.7. The Morgan fingerprint density at radius 3 is 2.57 bits per heavy atom. The van der Waals surface area contributed by atoms with Crippen molar-refractivity contribution in [3.63, 3.8) is 0 Å². The summed E-state index contributed by atoms with van der Waals surface area (Å²) in [6, 6.07) is 10.4. The van der Waals surface area contributed by atoms with Gasteiger partial charge in [0.15, 0.2) is 0 Å². The highest BCUT2D eigenvalue weighted by molar-refractivity contribution is 9.11. The Balaban J connectivity index is 3.07. The summed E-state index contributed by atoms with van der Waals surface area (Å²) in [5, 5.41) is 0. The standard InChI is InChI=1S/C22H23Br/c1-4-6-8-12-22(21-13-9-7-10-14-21)18-17-20(11-5-2)16-15-19(3)23/h7,9-10,13-18,22H,4,6H2,1-3H3/b18-17+,19-15+,20-16+. The third-order valence-electron chi connectivity index (χ3n) is 3.02. The summed E-state index contributed by atoms with van der Waals surface area (Å²) in [5.41, 5.74) is 2.19. The predicted octanol–water partition coefficient (Wildman–Crippen LogP) is 6.38. The van der Waals surface area contributed by atoms with Crippen LogP contribution in [0, 0.1) is 23.7 Å². The lowest BCUT2D eigenvalue weighted by molar-refractivity contribution is 0.978. The molecule has 0 aliphatic carbocycles. The van der Waals surface area contributed by atoms with Gasteiger partial charge in [-0.2, -0.15) is 0 Å². The second-order valence-corrected chi connectivity index (χ2v) is 6.32. The Bertz CT molecular complexity index is 678. The van der Waals surface area contributed by atoms with Gasteiger partial charge in [-0.3, -0.25) is 0 Å². The summed E-state index contributed by atoms with van der Waals surface area (Å²) < 4.78 is 1.07. The van der Waals surface area contributed by atoms with Crippen molar-refractivity contribution < 1.29 is 0 Å². The molecular formula is C22H23Br. The van der Waals surface area contributed by atoms with Crippen molar-refractivity contribution in [2.45, 2.75) is 39.5 Å². The molecule has 0 bridgehead atoms. The quantitative estimate of drug-likeness (QED) is 0.418. The molecule has 0 fully saturated rings. The van der Waals surface area contributed by atoms with Crippen molar-refractivity contribution in [3.05, 3.63) is 70.3 Å². The number of hydrogen-bond donors (Lipinski definition) is 0. The minimum Gasteiger partial charge on any atom is -0.102 e. The van der Waals surface area contributed by atoms with E-state index in [2.05, 4.69) is 83.0 Å². The summed E-state index contributed by atoms with van der Waals surface area (Å²) in [6.07, 6.45) is 10.2. The van der Waals surface area contributed by atoms with Gasteiger partial charge >= 0.3 is 0 Å². The molecule has 1 rings (SSSR count). The van der Waals surface area contributed by atoms with Crippen molar-refractivity contribution in [3.8, 4) is 23.7 Å². The van der Waals surface area contributed by atoms with E-state index in [0.717, 1.165) is 22.9 Å². The lowest BCUT2D eigenvalue weighted by Gasteiger charge is -2.05. The van der Waals surface area contributed by atoms with E-state index in [1.807, 2.05) is 32.1 Å². The van der Waals surface area contributed by atoms with Crippen LogP contribution in [0.25, 0.3) is 0 Å². The smallest absolute Gasteiger partial charge is 0.0636 e. The lowest BCUT2D eigenvalue weighted by atomic mass is 9.98. The van der Waals surface area contributed by atoms with Crippen LogP contribution >= 0.6 is 15.9 Å². The summed E-state index contributed by atoms with van der Waals surface area (Å²) in [4.78, 5) is 0. The highest BCUT2D eigenvalue weighted by atomic mass is 79.9. The molecule has 1 unspecified atom stereocenters. The van der Waals surface area contributed by atoms with Gasteiger partial charge in [-0.25, -0.2) is 0 Å². The van der Waals surface area contributed by atoms with Crippen LogP contribution in [0.1, 0.15) is 45.1 Å². The first-order chi connectivity index (χ1) is 11.2. The number of rotatable bonds is 5. The molecule has 0 N–H and O–H groups in total. The van der Waals surface area contributed by atoms with E-state index >= 15 is 0 Å². The molecule has 0 heterocycles. The molecule has 118 valence electrons. The molecule has 0 nitrogen and oxygen atoms in total. The van der Waals surface area contributed by atoms with Crippen LogP contribution in [0.5, 0.6) is 0 Å². The first kappa shape index (κ1) is 19.1. The maximum Gasteiger partial charge on any atom is 0.0636 e. The highest BCUT2D eigenvalue weighted by Gasteiger charge is 2.03. The fraction of sp³-hybridized carbons (Fsp3) is 0.273. The lowest BCUT2D eigenvalue weighted by Crippen LogP contribution is -1.91. The second kappa shape index (κ2) is 11.6. The number of benzene rings is 1. The number of halogens is 1. The van der Waals surface area contributed by atoms with E-state index in [1.54, 1.807) is 0 Å². The molecule has 1 aromatic carbocycles. The molecule has 0 aliphatic rings. The largest absolute Gasteiger partial charge is 0.102 e. The average Bonchev–Trinajstić information content (AvgIpc) is 2.56. The van der Waals surface area contributed by atoms with E-state index < -0.39 is 0 Å². The van der Waals surface area contributed by atoms with E-state index in [0.29, 0.717) is 0 Å². The predicted molar refractivity (Wildman–Crippen MR) is 105 cm³/mol. The Morgan fingerprint density at radius 1 is 1.22 bits per heavy atom. The molecule has 0 radical (unpaired) electrons.